The van der Waals surface area contributed by atoms with Crippen molar-refractivity contribution in [1.29, 1.82) is 0 Å². The number of nitrogens with one attached hydrogen (secondary N) is 1. The molecule has 0 saturated carbocycles. The van der Waals surface area contributed by atoms with Gasteiger partial charge in [-0.05, 0) is 48.5 Å². The summed E-state index contributed by atoms with van der Waals surface area (Å²) in [5.74, 6) is -2.19. The first-order chi connectivity index (χ1) is 18.7. The van der Waals surface area contributed by atoms with Gasteiger partial charge in [0.1, 0.15) is 29.6 Å². The second-order valence-electron chi connectivity index (χ2n) is 9.02. The van der Waals surface area contributed by atoms with Gasteiger partial charge in [-0.3, -0.25) is 9.59 Å². The Morgan fingerprint density at radius 3 is 2.77 bits per heavy atom. The maximum Gasteiger partial charge on any atom is 0.294 e. The first kappa shape index (κ1) is 26.0. The number of hydrogen-bond acceptors (Lipinski definition) is 9. The van der Waals surface area contributed by atoms with E-state index in [0.29, 0.717) is 11.3 Å². The molecule has 5 rings (SSSR count). The summed E-state index contributed by atoms with van der Waals surface area (Å²) in [4.78, 5) is 29.9. The van der Waals surface area contributed by atoms with Gasteiger partial charge in [-0.1, -0.05) is 0 Å². The normalized spacial score (nSPS) is 17.1. The lowest BCUT2D eigenvalue weighted by Gasteiger charge is -2.36. The van der Waals surface area contributed by atoms with E-state index in [-0.39, 0.29) is 61.2 Å². The Kier molecular flexibility index (Phi) is 6.87. The summed E-state index contributed by atoms with van der Waals surface area (Å²) in [7, 11) is 1.42. The molecule has 1 aliphatic heterocycles. The molecule has 0 saturated heterocycles. The summed E-state index contributed by atoms with van der Waals surface area (Å²) in [6.45, 7) is 0.612. The summed E-state index contributed by atoms with van der Waals surface area (Å²) in [5.41, 5.74) is -1.04. The number of nitrogens with zero attached hydrogens (tertiary/aromatic N) is 5. The minimum Gasteiger partial charge on any atom is -0.496 e. The summed E-state index contributed by atoms with van der Waals surface area (Å²) in [5, 5.41) is 24.0. The number of methoxy groups -OCH3 is 1. The molecule has 2 aromatic carbocycles. The molecule has 204 valence electrons. The third kappa shape index (κ3) is 4.85. The number of ether oxygens (including phenoxy) is 2. The highest BCUT2D eigenvalue weighted by Crippen LogP contribution is 2.39. The Bertz CT molecular complexity index is 1560. The van der Waals surface area contributed by atoms with Crippen molar-refractivity contribution in [3.05, 3.63) is 65.2 Å². The van der Waals surface area contributed by atoms with E-state index in [2.05, 4.69) is 20.7 Å². The fourth-order valence-corrected chi connectivity index (χ4v) is 4.32. The number of rotatable bonds is 8. The Hall–Kier alpha value is -4.59. The van der Waals surface area contributed by atoms with E-state index in [1.54, 1.807) is 0 Å². The maximum absolute atomic E-state index is 14.0. The maximum atomic E-state index is 14.0. The number of fused-ring (bicyclic) bond motifs is 3. The first-order valence-corrected chi connectivity index (χ1v) is 11.9. The first-order valence-electron chi connectivity index (χ1n) is 11.9. The fraction of sp³-hybridized carbons (Fsp3) is 0.320. The van der Waals surface area contributed by atoms with Gasteiger partial charge in [0.2, 0.25) is 11.7 Å². The van der Waals surface area contributed by atoms with E-state index >= 15 is 0 Å². The van der Waals surface area contributed by atoms with Crippen LogP contribution in [-0.2, 0) is 24.4 Å². The number of halogens is 2. The van der Waals surface area contributed by atoms with Crippen molar-refractivity contribution in [3.63, 3.8) is 0 Å². The van der Waals surface area contributed by atoms with Crippen LogP contribution < -0.4 is 14.8 Å². The number of carbonyl (C=O) groups excluding carboxylic acids is 2. The summed E-state index contributed by atoms with van der Waals surface area (Å²) in [6.07, 6.45) is 0. The molecule has 3 heterocycles. The smallest absolute Gasteiger partial charge is 0.294 e. The number of aliphatic hydroxyl groups is 1. The summed E-state index contributed by atoms with van der Waals surface area (Å²) < 4.78 is 44.8. The molecule has 1 aliphatic rings. The average molecular weight is 542 g/mol. The standard InChI is InChI=1S/C25H24F2N6O6/c1-25(24(36)28-11-14-9-15(26)3-5-18(14)37-2)13-38-21-17-10-16(27)4-6-19(17)39-22(21)23(35)32(25)12-20-29-31-33(30-20)7-8-34/h3-6,9-10,34H,7-8,11-13H2,1-2H3,(H,28,36)/t25-/m1/s1. The van der Waals surface area contributed by atoms with Crippen molar-refractivity contribution < 1.29 is 37.4 Å². The van der Waals surface area contributed by atoms with E-state index < -0.39 is 29.0 Å². The van der Waals surface area contributed by atoms with Crippen LogP contribution in [0.3, 0.4) is 0 Å². The Morgan fingerprint density at radius 2 is 2.00 bits per heavy atom. The number of aliphatic hydroxyl groups excluding tert-OH is 1. The highest BCUT2D eigenvalue weighted by molar-refractivity contribution is 6.04. The lowest BCUT2D eigenvalue weighted by atomic mass is 9.98. The molecule has 4 aromatic rings. The predicted molar refractivity (Wildman–Crippen MR) is 130 cm³/mol. The third-order valence-corrected chi connectivity index (χ3v) is 6.40. The second-order valence-corrected chi connectivity index (χ2v) is 9.02. The van der Waals surface area contributed by atoms with Crippen LogP contribution in [0.25, 0.3) is 11.0 Å². The molecule has 1 atom stereocenters. The van der Waals surface area contributed by atoms with Gasteiger partial charge in [-0.2, -0.15) is 4.80 Å². The van der Waals surface area contributed by atoms with Gasteiger partial charge in [0, 0.05) is 12.1 Å². The minimum absolute atomic E-state index is 0.000260. The van der Waals surface area contributed by atoms with Crippen LogP contribution in [0.15, 0.2) is 40.8 Å². The molecule has 2 amide bonds. The van der Waals surface area contributed by atoms with Gasteiger partial charge >= 0.3 is 0 Å². The van der Waals surface area contributed by atoms with Crippen molar-refractivity contribution >= 4 is 22.8 Å². The van der Waals surface area contributed by atoms with E-state index in [0.717, 1.165) is 4.80 Å². The molecular weight excluding hydrogens is 518 g/mol. The largest absolute Gasteiger partial charge is 0.496 e. The van der Waals surface area contributed by atoms with Crippen molar-refractivity contribution in [2.24, 2.45) is 0 Å². The average Bonchev–Trinajstić information content (AvgIpc) is 3.50. The van der Waals surface area contributed by atoms with Crippen LogP contribution in [-0.4, -0.2) is 67.9 Å². The van der Waals surface area contributed by atoms with Crippen LogP contribution in [0.1, 0.15) is 28.9 Å². The second kappa shape index (κ2) is 10.3. The molecule has 2 aromatic heterocycles. The number of amides is 2. The van der Waals surface area contributed by atoms with Crippen LogP contribution in [0.5, 0.6) is 11.5 Å². The van der Waals surface area contributed by atoms with Gasteiger partial charge in [0.15, 0.2) is 17.1 Å². The van der Waals surface area contributed by atoms with E-state index in [1.165, 1.54) is 55.3 Å². The zero-order valence-corrected chi connectivity index (χ0v) is 21.0. The van der Waals surface area contributed by atoms with E-state index in [1.807, 2.05) is 0 Å². The molecule has 0 radical (unpaired) electrons. The number of carbonyl (C=O) groups is 2. The molecule has 2 N–H and O–H groups in total. The minimum atomic E-state index is -1.65. The molecule has 14 heteroatoms. The van der Waals surface area contributed by atoms with Crippen molar-refractivity contribution in [2.75, 3.05) is 20.3 Å². The molecular formula is C25H24F2N6O6. The SMILES string of the molecule is COc1ccc(F)cc1CNC(=O)[C@@]1(C)COc2c(oc3ccc(F)cc23)C(=O)N1Cc1nnn(CCO)n1. The summed E-state index contributed by atoms with van der Waals surface area (Å²) >= 11 is 0. The van der Waals surface area contributed by atoms with Gasteiger partial charge in [0.05, 0.1) is 32.2 Å². The highest BCUT2D eigenvalue weighted by atomic mass is 19.1. The van der Waals surface area contributed by atoms with Gasteiger partial charge in [0.25, 0.3) is 5.91 Å². The molecule has 0 spiro atoms. The van der Waals surface area contributed by atoms with Crippen LogP contribution in [0.2, 0.25) is 0 Å². The molecule has 39 heavy (non-hydrogen) atoms. The monoisotopic (exact) mass is 542 g/mol. The quantitative estimate of drug-likeness (QED) is 0.341. The molecule has 0 aliphatic carbocycles. The molecule has 0 fully saturated rings. The zero-order chi connectivity index (χ0) is 27.7. The van der Waals surface area contributed by atoms with Gasteiger partial charge in [-0.25, -0.2) is 8.78 Å². The number of tetrazole rings is 1. The van der Waals surface area contributed by atoms with Crippen molar-refractivity contribution in [3.8, 4) is 11.5 Å². The van der Waals surface area contributed by atoms with Crippen LogP contribution in [0.4, 0.5) is 8.78 Å². The molecule has 12 nitrogen and oxygen atoms in total. The third-order valence-electron chi connectivity index (χ3n) is 6.40. The number of hydrogen-bond donors (Lipinski definition) is 2. The predicted octanol–water partition coefficient (Wildman–Crippen LogP) is 1.81. The number of benzene rings is 2. The highest BCUT2D eigenvalue weighted by Gasteiger charge is 2.48. The van der Waals surface area contributed by atoms with Crippen molar-refractivity contribution in [1.82, 2.24) is 30.4 Å². The van der Waals surface area contributed by atoms with Crippen LogP contribution in [0, 0.1) is 11.6 Å². The number of aromatic nitrogens is 4. The Morgan fingerprint density at radius 1 is 1.23 bits per heavy atom. The molecule has 0 bridgehead atoms. The summed E-state index contributed by atoms with van der Waals surface area (Å²) in [6, 6.07) is 7.64. The van der Waals surface area contributed by atoms with Crippen molar-refractivity contribution in [2.45, 2.75) is 32.1 Å². The van der Waals surface area contributed by atoms with E-state index in [4.69, 9.17) is 19.0 Å². The molecule has 0 unspecified atom stereocenters. The van der Waals surface area contributed by atoms with Crippen LogP contribution >= 0.6 is 0 Å². The fourth-order valence-electron chi connectivity index (χ4n) is 4.32. The van der Waals surface area contributed by atoms with Gasteiger partial charge in [-0.15, -0.1) is 10.2 Å². The Balaban J connectivity index is 1.51. The topological polar surface area (TPSA) is 145 Å². The lowest BCUT2D eigenvalue weighted by molar-refractivity contribution is -0.133. The number of furan rings is 1. The van der Waals surface area contributed by atoms with E-state index in [9.17, 15) is 18.4 Å². The zero-order valence-electron chi connectivity index (χ0n) is 21.0. The van der Waals surface area contributed by atoms with Gasteiger partial charge < -0.3 is 29.2 Å². The lowest BCUT2D eigenvalue weighted by Crippen LogP contribution is -2.60. The Labute approximate surface area is 220 Å².